The van der Waals surface area contributed by atoms with E-state index in [0.29, 0.717) is 24.6 Å². The van der Waals surface area contributed by atoms with E-state index in [1.807, 2.05) is 6.07 Å². The molecule has 118 valence electrons. The Morgan fingerprint density at radius 1 is 1.48 bits per heavy atom. The van der Waals surface area contributed by atoms with Gasteiger partial charge in [-0.2, -0.15) is 5.26 Å². The third kappa shape index (κ3) is 2.86. The van der Waals surface area contributed by atoms with Crippen LogP contribution in [0.25, 0.3) is 16.7 Å². The molecule has 3 rings (SSSR count). The third-order valence-electron chi connectivity index (χ3n) is 3.72. The number of nitriles is 1. The van der Waals surface area contributed by atoms with Crippen molar-refractivity contribution in [2.45, 2.75) is 0 Å². The van der Waals surface area contributed by atoms with E-state index in [1.54, 1.807) is 19.3 Å². The Balaban J connectivity index is 2.10. The number of hydrogen-bond acceptors (Lipinski definition) is 7. The highest BCUT2D eigenvalue weighted by Crippen LogP contribution is 2.29. The van der Waals surface area contributed by atoms with E-state index in [0.717, 1.165) is 29.9 Å². The number of nitrogens with one attached hydrogen (secondary N) is 1. The summed E-state index contributed by atoms with van der Waals surface area (Å²) in [5.74, 6) is 0.817. The maximum atomic E-state index is 9.01. The molecule has 0 aromatic carbocycles. The van der Waals surface area contributed by atoms with Gasteiger partial charge in [0, 0.05) is 37.6 Å². The Kier molecular flexibility index (Phi) is 4.21. The second kappa shape index (κ2) is 6.46. The van der Waals surface area contributed by atoms with Gasteiger partial charge in [-0.1, -0.05) is 0 Å². The fourth-order valence-electron chi connectivity index (χ4n) is 2.56. The van der Waals surface area contributed by atoms with Crippen LogP contribution in [0.15, 0.2) is 23.6 Å². The zero-order chi connectivity index (χ0) is 16.2. The van der Waals surface area contributed by atoms with Crippen LogP contribution in [0.3, 0.4) is 0 Å². The van der Waals surface area contributed by atoms with E-state index >= 15 is 0 Å². The standard InChI is InChI=1S/C15H17N7O/c1-18-10(7-16)6-12(17)11-8-19-14-13(11)15(21-9-20-14)22-2-4-23-5-3-22/h6,8-9H,2-5,17H2,1H3,(H,19,20,21). The van der Waals surface area contributed by atoms with Crippen LogP contribution in [0, 0.1) is 11.3 Å². The molecule has 3 N–H and O–H groups in total. The van der Waals surface area contributed by atoms with Crippen molar-refractivity contribution in [2.24, 2.45) is 10.7 Å². The molecule has 1 aliphatic heterocycles. The monoisotopic (exact) mass is 311 g/mol. The maximum absolute atomic E-state index is 9.01. The van der Waals surface area contributed by atoms with Crippen molar-refractivity contribution in [3.8, 4) is 6.07 Å². The molecule has 3 heterocycles. The Morgan fingerprint density at radius 3 is 2.96 bits per heavy atom. The summed E-state index contributed by atoms with van der Waals surface area (Å²) in [6.07, 6.45) is 4.86. The van der Waals surface area contributed by atoms with E-state index < -0.39 is 0 Å². The zero-order valence-electron chi connectivity index (χ0n) is 12.8. The van der Waals surface area contributed by atoms with Crippen LogP contribution < -0.4 is 10.6 Å². The fourth-order valence-corrected chi connectivity index (χ4v) is 2.56. The molecule has 1 saturated heterocycles. The van der Waals surface area contributed by atoms with Gasteiger partial charge in [-0.15, -0.1) is 0 Å². The number of aliphatic imine (C=N–C) groups is 1. The van der Waals surface area contributed by atoms with Gasteiger partial charge in [0.1, 0.15) is 29.6 Å². The predicted molar refractivity (Wildman–Crippen MR) is 88.1 cm³/mol. The number of ether oxygens (including phenoxy) is 1. The molecule has 0 amide bonds. The van der Waals surface area contributed by atoms with Crippen LogP contribution in [0.2, 0.25) is 0 Å². The summed E-state index contributed by atoms with van der Waals surface area (Å²) < 4.78 is 5.39. The third-order valence-corrected chi connectivity index (χ3v) is 3.72. The normalized spacial score (nSPS) is 16.6. The molecule has 0 bridgehead atoms. The van der Waals surface area contributed by atoms with Crippen molar-refractivity contribution in [3.05, 3.63) is 24.2 Å². The molecular weight excluding hydrogens is 294 g/mol. The highest BCUT2D eigenvalue weighted by atomic mass is 16.5. The maximum Gasteiger partial charge on any atom is 0.143 e. The summed E-state index contributed by atoms with van der Waals surface area (Å²) in [7, 11) is 1.56. The molecule has 2 aromatic heterocycles. The Hall–Kier alpha value is -2.92. The van der Waals surface area contributed by atoms with Crippen molar-refractivity contribution >= 4 is 28.3 Å². The summed E-state index contributed by atoms with van der Waals surface area (Å²) in [5, 5.41) is 9.85. The molecule has 8 nitrogen and oxygen atoms in total. The Bertz CT molecular complexity index is 809. The Morgan fingerprint density at radius 2 is 2.26 bits per heavy atom. The number of aromatic nitrogens is 3. The lowest BCUT2D eigenvalue weighted by Crippen LogP contribution is -2.37. The van der Waals surface area contributed by atoms with Crippen molar-refractivity contribution in [1.82, 2.24) is 15.0 Å². The average Bonchev–Trinajstić information content (AvgIpc) is 3.04. The van der Waals surface area contributed by atoms with E-state index in [9.17, 15) is 0 Å². The Labute approximate surface area is 133 Å². The first-order valence-corrected chi connectivity index (χ1v) is 7.23. The van der Waals surface area contributed by atoms with Gasteiger partial charge in [-0.3, -0.25) is 4.99 Å². The van der Waals surface area contributed by atoms with Gasteiger partial charge in [0.2, 0.25) is 0 Å². The molecule has 0 atom stereocenters. The van der Waals surface area contributed by atoms with E-state index in [-0.39, 0.29) is 5.71 Å². The lowest BCUT2D eigenvalue weighted by molar-refractivity contribution is 0.122. The minimum atomic E-state index is 0.265. The van der Waals surface area contributed by atoms with Crippen LogP contribution in [0.1, 0.15) is 5.56 Å². The summed E-state index contributed by atoms with van der Waals surface area (Å²) >= 11 is 0. The quantitative estimate of drug-likeness (QED) is 0.806. The van der Waals surface area contributed by atoms with Gasteiger partial charge in [0.15, 0.2) is 0 Å². The molecule has 0 radical (unpaired) electrons. The number of morpholine rings is 1. The van der Waals surface area contributed by atoms with Gasteiger partial charge in [-0.25, -0.2) is 9.97 Å². The van der Waals surface area contributed by atoms with Crippen LogP contribution >= 0.6 is 0 Å². The molecular formula is C15H17N7O. The minimum Gasteiger partial charge on any atom is -0.398 e. The topological polar surface area (TPSA) is 116 Å². The highest BCUT2D eigenvalue weighted by molar-refractivity contribution is 6.12. The first kappa shape index (κ1) is 15.0. The van der Waals surface area contributed by atoms with Gasteiger partial charge in [0.05, 0.1) is 18.6 Å². The molecule has 1 fully saturated rings. The van der Waals surface area contributed by atoms with Crippen molar-refractivity contribution in [2.75, 3.05) is 38.3 Å². The van der Waals surface area contributed by atoms with E-state index in [2.05, 4.69) is 24.8 Å². The number of hydrogen-bond donors (Lipinski definition) is 2. The van der Waals surface area contributed by atoms with Gasteiger partial charge in [-0.05, 0) is 6.08 Å². The number of aromatic amines is 1. The van der Waals surface area contributed by atoms with Gasteiger partial charge < -0.3 is 20.4 Å². The molecule has 0 spiro atoms. The lowest BCUT2D eigenvalue weighted by atomic mass is 10.1. The van der Waals surface area contributed by atoms with E-state index in [1.165, 1.54) is 6.33 Å². The average molecular weight is 311 g/mol. The molecule has 8 heteroatoms. The first-order chi connectivity index (χ1) is 11.2. The number of rotatable bonds is 3. The lowest BCUT2D eigenvalue weighted by Gasteiger charge is -2.28. The largest absolute Gasteiger partial charge is 0.398 e. The number of nitrogens with two attached hydrogens (primary N) is 1. The zero-order valence-corrected chi connectivity index (χ0v) is 12.8. The summed E-state index contributed by atoms with van der Waals surface area (Å²) in [5.41, 5.74) is 8.35. The SMILES string of the molecule is CN=C(C#N)C=C(N)c1c[nH]c2ncnc(N3CCOCC3)c12. The van der Waals surface area contributed by atoms with Crippen LogP contribution in [0.4, 0.5) is 5.82 Å². The van der Waals surface area contributed by atoms with Crippen molar-refractivity contribution < 1.29 is 4.74 Å². The predicted octanol–water partition coefficient (Wildman–Crippen LogP) is 0.688. The smallest absolute Gasteiger partial charge is 0.143 e. The fraction of sp³-hybridized carbons (Fsp3) is 0.333. The van der Waals surface area contributed by atoms with Crippen LogP contribution in [-0.2, 0) is 4.74 Å². The van der Waals surface area contributed by atoms with Crippen molar-refractivity contribution in [1.29, 1.82) is 5.26 Å². The van der Waals surface area contributed by atoms with E-state index in [4.69, 9.17) is 15.7 Å². The second-order valence-corrected chi connectivity index (χ2v) is 5.04. The highest BCUT2D eigenvalue weighted by Gasteiger charge is 2.19. The second-order valence-electron chi connectivity index (χ2n) is 5.04. The van der Waals surface area contributed by atoms with Gasteiger partial charge in [0.25, 0.3) is 0 Å². The van der Waals surface area contributed by atoms with Gasteiger partial charge >= 0.3 is 0 Å². The molecule has 0 unspecified atom stereocenters. The van der Waals surface area contributed by atoms with Crippen LogP contribution in [-0.4, -0.2) is 54.0 Å². The summed E-state index contributed by atoms with van der Waals surface area (Å²) in [6.45, 7) is 2.86. The molecule has 1 aliphatic rings. The molecule has 2 aromatic rings. The molecule has 0 saturated carbocycles. The minimum absolute atomic E-state index is 0.265. The number of allylic oxidation sites excluding steroid dienone is 1. The summed E-state index contributed by atoms with van der Waals surface area (Å²) in [4.78, 5) is 17.8. The number of fused-ring (bicyclic) bond motifs is 1. The summed E-state index contributed by atoms with van der Waals surface area (Å²) in [6, 6.07) is 2.00. The van der Waals surface area contributed by atoms with Crippen LogP contribution in [0.5, 0.6) is 0 Å². The number of anilines is 1. The van der Waals surface area contributed by atoms with Crippen molar-refractivity contribution in [3.63, 3.8) is 0 Å². The molecule has 23 heavy (non-hydrogen) atoms. The number of nitrogens with zero attached hydrogens (tertiary/aromatic N) is 5. The molecule has 0 aliphatic carbocycles. The number of H-pyrrole nitrogens is 1. The first-order valence-electron chi connectivity index (χ1n) is 7.23.